The molecule has 4 aromatic heterocycles. The Morgan fingerprint density at radius 1 is 1.03 bits per heavy atom. The average Bonchev–Trinajstić information content (AvgIpc) is 3.52. The molecule has 148 valence electrons. The number of hydrogen-bond acceptors (Lipinski definition) is 4. The Kier molecular flexibility index (Phi) is 4.86. The van der Waals surface area contributed by atoms with Crippen LogP contribution in [0.5, 0.6) is 0 Å². The highest BCUT2D eigenvalue weighted by Crippen LogP contribution is 2.22. The maximum Gasteiger partial charge on any atom is 0.272 e. The van der Waals surface area contributed by atoms with Crippen molar-refractivity contribution in [2.45, 2.75) is 13.1 Å². The molecule has 0 aliphatic rings. The zero-order valence-corrected chi connectivity index (χ0v) is 16.9. The first kappa shape index (κ1) is 18.3. The van der Waals surface area contributed by atoms with E-state index in [0.29, 0.717) is 18.1 Å². The molecular weight excluding hydrogens is 394 g/mol. The molecule has 0 fully saturated rings. The maximum atomic E-state index is 12.8. The summed E-state index contributed by atoms with van der Waals surface area (Å²) in [5, 5.41) is 6.98. The van der Waals surface area contributed by atoms with E-state index < -0.39 is 0 Å². The molecule has 0 radical (unpaired) electrons. The van der Waals surface area contributed by atoms with Crippen molar-refractivity contribution < 1.29 is 4.79 Å². The zero-order chi connectivity index (χ0) is 20.3. The van der Waals surface area contributed by atoms with Crippen LogP contribution in [0.2, 0.25) is 0 Å². The van der Waals surface area contributed by atoms with Crippen molar-refractivity contribution in [1.82, 2.24) is 24.3 Å². The lowest BCUT2D eigenvalue weighted by atomic mass is 10.2. The highest BCUT2D eigenvalue weighted by molar-refractivity contribution is 7.07. The molecule has 1 amide bonds. The molecule has 0 unspecified atom stereocenters. The van der Waals surface area contributed by atoms with E-state index in [1.807, 2.05) is 74.6 Å². The molecule has 0 bridgehead atoms. The highest BCUT2D eigenvalue weighted by Gasteiger charge is 2.19. The smallest absolute Gasteiger partial charge is 0.272 e. The number of nitrogens with zero attached hydrogens (tertiary/aromatic N) is 4. The quantitative estimate of drug-likeness (QED) is 0.453. The molecule has 30 heavy (non-hydrogen) atoms. The Hall–Kier alpha value is -3.71. The van der Waals surface area contributed by atoms with Crippen LogP contribution in [0.3, 0.4) is 0 Å². The van der Waals surface area contributed by atoms with Crippen LogP contribution >= 0.6 is 11.3 Å². The second-order valence-corrected chi connectivity index (χ2v) is 7.75. The third-order valence-electron chi connectivity index (χ3n) is 4.87. The first-order chi connectivity index (χ1) is 14.8. The zero-order valence-electron chi connectivity index (χ0n) is 16.1. The summed E-state index contributed by atoms with van der Waals surface area (Å²) in [5.41, 5.74) is 4.16. The Morgan fingerprint density at radius 3 is 2.73 bits per heavy atom. The van der Waals surface area contributed by atoms with Crippen LogP contribution in [0.15, 0.2) is 84.1 Å². The Labute approximate surface area is 177 Å². The normalized spacial score (nSPS) is 11.1. The summed E-state index contributed by atoms with van der Waals surface area (Å²) < 4.78 is 3.93. The SMILES string of the molecule is O=C(NCc1ccsc1)c1nc(-c2cn(Cc3ccccc3)cn2)n2ccccc12. The fraction of sp³-hybridized carbons (Fsp3) is 0.0870. The fourth-order valence-electron chi connectivity index (χ4n) is 3.40. The first-order valence-electron chi connectivity index (χ1n) is 9.60. The third kappa shape index (κ3) is 3.62. The number of fused-ring (bicyclic) bond motifs is 1. The molecule has 4 heterocycles. The van der Waals surface area contributed by atoms with Crippen molar-refractivity contribution in [2.24, 2.45) is 0 Å². The average molecular weight is 414 g/mol. The van der Waals surface area contributed by atoms with Gasteiger partial charge in [0.25, 0.3) is 5.91 Å². The lowest BCUT2D eigenvalue weighted by Gasteiger charge is -2.01. The maximum absolute atomic E-state index is 12.8. The minimum atomic E-state index is -0.195. The van der Waals surface area contributed by atoms with E-state index in [9.17, 15) is 4.79 Å². The van der Waals surface area contributed by atoms with Crippen molar-refractivity contribution in [3.8, 4) is 11.5 Å². The summed E-state index contributed by atoms with van der Waals surface area (Å²) in [7, 11) is 0. The standard InChI is InChI=1S/C23H19N5OS/c29-23(24-12-18-9-11-30-15-18)21-20-8-4-5-10-28(20)22(26-21)19-14-27(16-25-19)13-17-6-2-1-3-7-17/h1-11,14-16H,12-13H2,(H,24,29). The number of rotatable bonds is 6. The summed E-state index contributed by atoms with van der Waals surface area (Å²) in [6.07, 6.45) is 5.66. The topological polar surface area (TPSA) is 64.2 Å². The number of nitrogens with one attached hydrogen (secondary N) is 1. The van der Waals surface area contributed by atoms with Crippen molar-refractivity contribution in [3.63, 3.8) is 0 Å². The molecule has 0 spiro atoms. The van der Waals surface area contributed by atoms with Gasteiger partial charge in [0.05, 0.1) is 11.8 Å². The summed E-state index contributed by atoms with van der Waals surface area (Å²) >= 11 is 1.61. The number of imidazole rings is 2. The van der Waals surface area contributed by atoms with Crippen LogP contribution in [0.25, 0.3) is 17.0 Å². The van der Waals surface area contributed by atoms with Crippen LogP contribution in [0.1, 0.15) is 21.6 Å². The predicted octanol–water partition coefficient (Wildman–Crippen LogP) is 4.24. The van der Waals surface area contributed by atoms with Gasteiger partial charge in [0.15, 0.2) is 11.5 Å². The van der Waals surface area contributed by atoms with E-state index in [0.717, 1.165) is 23.3 Å². The predicted molar refractivity (Wildman–Crippen MR) is 117 cm³/mol. The molecule has 1 N–H and O–H groups in total. The van der Waals surface area contributed by atoms with Crippen molar-refractivity contribution in [1.29, 1.82) is 0 Å². The summed E-state index contributed by atoms with van der Waals surface area (Å²) in [4.78, 5) is 22.0. The van der Waals surface area contributed by atoms with E-state index in [1.54, 1.807) is 17.7 Å². The first-order valence-corrected chi connectivity index (χ1v) is 10.5. The van der Waals surface area contributed by atoms with Crippen molar-refractivity contribution in [3.05, 3.63) is 101 Å². The van der Waals surface area contributed by atoms with Gasteiger partial charge in [-0.2, -0.15) is 11.3 Å². The summed E-state index contributed by atoms with van der Waals surface area (Å²) in [6.45, 7) is 1.21. The molecule has 6 nitrogen and oxygen atoms in total. The molecule has 1 aromatic carbocycles. The van der Waals surface area contributed by atoms with Gasteiger partial charge in [-0.1, -0.05) is 36.4 Å². The number of carbonyl (C=O) groups excluding carboxylic acids is 1. The van der Waals surface area contributed by atoms with Gasteiger partial charge in [-0.05, 0) is 40.1 Å². The molecule has 5 rings (SSSR count). The van der Waals surface area contributed by atoms with E-state index in [2.05, 4.69) is 27.4 Å². The van der Waals surface area contributed by atoms with Gasteiger partial charge in [-0.3, -0.25) is 9.20 Å². The van der Waals surface area contributed by atoms with Gasteiger partial charge >= 0.3 is 0 Å². The number of benzene rings is 1. The Morgan fingerprint density at radius 2 is 1.90 bits per heavy atom. The van der Waals surface area contributed by atoms with Crippen LogP contribution in [-0.4, -0.2) is 24.8 Å². The number of thiophene rings is 1. The van der Waals surface area contributed by atoms with E-state index >= 15 is 0 Å². The molecule has 0 saturated heterocycles. The number of aromatic nitrogens is 4. The lowest BCUT2D eigenvalue weighted by Crippen LogP contribution is -2.23. The number of hydrogen-bond donors (Lipinski definition) is 1. The van der Waals surface area contributed by atoms with Gasteiger partial charge < -0.3 is 9.88 Å². The molecule has 0 aliphatic heterocycles. The van der Waals surface area contributed by atoms with Gasteiger partial charge in [-0.15, -0.1) is 0 Å². The molecule has 0 saturated carbocycles. The minimum absolute atomic E-state index is 0.195. The van der Waals surface area contributed by atoms with Crippen LogP contribution in [0.4, 0.5) is 0 Å². The Bertz CT molecular complexity index is 1290. The van der Waals surface area contributed by atoms with Crippen LogP contribution in [-0.2, 0) is 13.1 Å². The van der Waals surface area contributed by atoms with E-state index in [-0.39, 0.29) is 5.91 Å². The van der Waals surface area contributed by atoms with Gasteiger partial charge in [0.1, 0.15) is 5.69 Å². The summed E-state index contributed by atoms with van der Waals surface area (Å²) in [5.74, 6) is 0.456. The molecule has 0 atom stereocenters. The molecule has 0 aliphatic carbocycles. The monoisotopic (exact) mass is 413 g/mol. The lowest BCUT2D eigenvalue weighted by molar-refractivity contribution is 0.0948. The number of carbonyl (C=O) groups is 1. The molecule has 7 heteroatoms. The van der Waals surface area contributed by atoms with Gasteiger partial charge in [-0.25, -0.2) is 9.97 Å². The molecule has 5 aromatic rings. The highest BCUT2D eigenvalue weighted by atomic mass is 32.1. The molecular formula is C23H19N5OS. The minimum Gasteiger partial charge on any atom is -0.347 e. The number of amides is 1. The van der Waals surface area contributed by atoms with Crippen molar-refractivity contribution >= 4 is 22.8 Å². The van der Waals surface area contributed by atoms with Gasteiger partial charge in [0.2, 0.25) is 0 Å². The van der Waals surface area contributed by atoms with Crippen LogP contribution in [0, 0.1) is 0 Å². The van der Waals surface area contributed by atoms with E-state index in [4.69, 9.17) is 0 Å². The fourth-order valence-corrected chi connectivity index (χ4v) is 4.07. The second-order valence-electron chi connectivity index (χ2n) is 6.97. The largest absolute Gasteiger partial charge is 0.347 e. The van der Waals surface area contributed by atoms with Crippen molar-refractivity contribution in [2.75, 3.05) is 0 Å². The van der Waals surface area contributed by atoms with E-state index in [1.165, 1.54) is 5.56 Å². The second kappa shape index (κ2) is 7.96. The number of pyridine rings is 1. The third-order valence-corrected chi connectivity index (χ3v) is 5.60. The van der Waals surface area contributed by atoms with Gasteiger partial charge in [0, 0.05) is 25.5 Å². The Balaban J connectivity index is 1.44. The van der Waals surface area contributed by atoms with Crippen LogP contribution < -0.4 is 5.32 Å². The summed E-state index contributed by atoms with van der Waals surface area (Å²) in [6, 6.07) is 18.0.